The summed E-state index contributed by atoms with van der Waals surface area (Å²) in [6.45, 7) is 12.0. The zero-order valence-corrected chi connectivity index (χ0v) is 11.2. The molecular formula is C9H19BrOSi. The Morgan fingerprint density at radius 3 is 2.17 bits per heavy atom. The van der Waals surface area contributed by atoms with E-state index in [2.05, 4.69) is 49.8 Å². The summed E-state index contributed by atoms with van der Waals surface area (Å²) in [5.41, 5.74) is 0. The number of rotatable bonds is 3. The maximum atomic E-state index is 5.86. The lowest BCUT2D eigenvalue weighted by molar-refractivity contribution is 0.328. The first kappa shape index (κ1) is 12.4. The molecule has 0 aliphatic carbocycles. The van der Waals surface area contributed by atoms with Gasteiger partial charge in [-0.25, -0.2) is 0 Å². The van der Waals surface area contributed by atoms with Gasteiger partial charge in [0.2, 0.25) is 0 Å². The van der Waals surface area contributed by atoms with Crippen molar-refractivity contribution in [2.24, 2.45) is 0 Å². The quantitative estimate of drug-likeness (QED) is 0.691. The molecule has 0 aromatic rings. The Kier molecular flexibility index (Phi) is 4.73. The van der Waals surface area contributed by atoms with Crippen LogP contribution in [0.15, 0.2) is 11.1 Å². The summed E-state index contributed by atoms with van der Waals surface area (Å²) in [6.07, 6.45) is 1.99. The van der Waals surface area contributed by atoms with Crippen LogP contribution in [0.5, 0.6) is 0 Å². The molecule has 0 amide bonds. The van der Waals surface area contributed by atoms with Gasteiger partial charge in [-0.15, -0.1) is 0 Å². The molecule has 72 valence electrons. The van der Waals surface area contributed by atoms with Crippen LogP contribution >= 0.6 is 15.9 Å². The fraction of sp³-hybridized carbons (Fsp3) is 0.778. The highest BCUT2D eigenvalue weighted by Gasteiger charge is 2.36. The fourth-order valence-electron chi connectivity index (χ4n) is 0.509. The summed E-state index contributed by atoms with van der Waals surface area (Å²) >= 11 is 3.22. The van der Waals surface area contributed by atoms with E-state index in [-0.39, 0.29) is 0 Å². The van der Waals surface area contributed by atoms with Gasteiger partial charge in [-0.05, 0) is 23.1 Å². The van der Waals surface area contributed by atoms with Gasteiger partial charge < -0.3 is 4.43 Å². The van der Waals surface area contributed by atoms with Gasteiger partial charge in [0.25, 0.3) is 0 Å². The SMILES string of the molecule is CC(C)(C)[Si](C)(C)OC/C=C\Br. The van der Waals surface area contributed by atoms with E-state index in [9.17, 15) is 0 Å². The number of hydrogen-bond acceptors (Lipinski definition) is 1. The van der Waals surface area contributed by atoms with E-state index < -0.39 is 8.32 Å². The summed E-state index contributed by atoms with van der Waals surface area (Å²) in [6, 6.07) is 0. The second-order valence-corrected chi connectivity index (χ2v) is 9.77. The van der Waals surface area contributed by atoms with Crippen LogP contribution in [0.25, 0.3) is 0 Å². The topological polar surface area (TPSA) is 9.23 Å². The fourth-order valence-corrected chi connectivity index (χ4v) is 1.61. The standard InChI is InChI=1S/C9H19BrOSi/c1-9(2,3)12(4,5)11-8-6-7-10/h6-7H,8H2,1-5H3/b7-6-. The molecule has 0 atom stereocenters. The lowest BCUT2D eigenvalue weighted by Gasteiger charge is -2.35. The smallest absolute Gasteiger partial charge is 0.192 e. The van der Waals surface area contributed by atoms with Gasteiger partial charge in [0.15, 0.2) is 8.32 Å². The van der Waals surface area contributed by atoms with Crippen molar-refractivity contribution in [2.75, 3.05) is 6.61 Å². The van der Waals surface area contributed by atoms with Gasteiger partial charge in [-0.2, -0.15) is 0 Å². The summed E-state index contributed by atoms with van der Waals surface area (Å²) in [5, 5.41) is 0.313. The van der Waals surface area contributed by atoms with E-state index in [0.29, 0.717) is 5.04 Å². The molecule has 0 heterocycles. The van der Waals surface area contributed by atoms with Crippen LogP contribution in [0.4, 0.5) is 0 Å². The Morgan fingerprint density at radius 1 is 1.33 bits per heavy atom. The van der Waals surface area contributed by atoms with E-state index in [4.69, 9.17) is 4.43 Å². The first-order chi connectivity index (χ1) is 5.31. The molecule has 0 aromatic carbocycles. The minimum Gasteiger partial charge on any atom is -0.413 e. The van der Waals surface area contributed by atoms with E-state index in [1.165, 1.54) is 0 Å². The van der Waals surface area contributed by atoms with E-state index >= 15 is 0 Å². The molecule has 0 N–H and O–H groups in total. The zero-order valence-electron chi connectivity index (χ0n) is 8.65. The monoisotopic (exact) mass is 250 g/mol. The van der Waals surface area contributed by atoms with Crippen LogP contribution in [0.1, 0.15) is 20.8 Å². The van der Waals surface area contributed by atoms with Crippen molar-refractivity contribution in [3.8, 4) is 0 Å². The third-order valence-electron chi connectivity index (χ3n) is 2.44. The minimum absolute atomic E-state index is 0.313. The van der Waals surface area contributed by atoms with E-state index in [1.807, 2.05) is 11.1 Å². The second-order valence-electron chi connectivity index (χ2n) is 4.43. The molecule has 0 aromatic heterocycles. The van der Waals surface area contributed by atoms with E-state index in [1.54, 1.807) is 0 Å². The summed E-state index contributed by atoms with van der Waals surface area (Å²) < 4.78 is 5.86. The van der Waals surface area contributed by atoms with Crippen molar-refractivity contribution in [1.82, 2.24) is 0 Å². The van der Waals surface area contributed by atoms with E-state index in [0.717, 1.165) is 6.61 Å². The lowest BCUT2D eigenvalue weighted by Crippen LogP contribution is -2.40. The van der Waals surface area contributed by atoms with Crippen LogP contribution in [0.2, 0.25) is 18.1 Å². The summed E-state index contributed by atoms with van der Waals surface area (Å²) in [7, 11) is -1.51. The van der Waals surface area contributed by atoms with Crippen LogP contribution in [-0.2, 0) is 4.43 Å². The predicted octanol–water partition coefficient (Wildman–Crippen LogP) is 3.92. The summed E-state index contributed by atoms with van der Waals surface area (Å²) in [5.74, 6) is 0. The van der Waals surface area contributed by atoms with Gasteiger partial charge in [-0.3, -0.25) is 0 Å². The first-order valence-corrected chi connectivity index (χ1v) is 8.03. The van der Waals surface area contributed by atoms with Crippen molar-refractivity contribution in [3.63, 3.8) is 0 Å². The third-order valence-corrected chi connectivity index (χ3v) is 7.31. The first-order valence-electron chi connectivity index (χ1n) is 4.20. The van der Waals surface area contributed by atoms with Crippen LogP contribution < -0.4 is 0 Å². The van der Waals surface area contributed by atoms with Crippen molar-refractivity contribution in [3.05, 3.63) is 11.1 Å². The molecule has 12 heavy (non-hydrogen) atoms. The van der Waals surface area contributed by atoms with Crippen molar-refractivity contribution >= 4 is 24.2 Å². The molecule has 0 rings (SSSR count). The maximum Gasteiger partial charge on any atom is 0.192 e. The molecule has 0 fully saturated rings. The Hall–Kier alpha value is 0.397. The second kappa shape index (κ2) is 4.58. The summed E-state index contributed by atoms with van der Waals surface area (Å²) in [4.78, 5) is 1.85. The van der Waals surface area contributed by atoms with Crippen molar-refractivity contribution < 1.29 is 4.43 Å². The minimum atomic E-state index is -1.51. The number of halogens is 1. The molecule has 3 heteroatoms. The van der Waals surface area contributed by atoms with Crippen molar-refractivity contribution in [2.45, 2.75) is 38.9 Å². The third kappa shape index (κ3) is 3.87. The highest BCUT2D eigenvalue weighted by atomic mass is 79.9. The molecule has 0 saturated heterocycles. The highest BCUT2D eigenvalue weighted by molar-refractivity contribution is 9.11. The average molecular weight is 251 g/mol. The number of hydrogen-bond donors (Lipinski definition) is 0. The predicted molar refractivity (Wildman–Crippen MR) is 61.2 cm³/mol. The Balaban J connectivity index is 4.05. The normalized spacial score (nSPS) is 14.2. The van der Waals surface area contributed by atoms with Crippen LogP contribution in [0, 0.1) is 0 Å². The van der Waals surface area contributed by atoms with Crippen molar-refractivity contribution in [1.29, 1.82) is 0 Å². The van der Waals surface area contributed by atoms with Gasteiger partial charge in [-0.1, -0.05) is 42.8 Å². The molecular weight excluding hydrogens is 232 g/mol. The Bertz CT molecular complexity index is 158. The maximum absolute atomic E-state index is 5.86. The molecule has 0 unspecified atom stereocenters. The molecule has 0 bridgehead atoms. The van der Waals surface area contributed by atoms with Gasteiger partial charge in [0.1, 0.15) is 0 Å². The Labute approximate surface area is 85.5 Å². The molecule has 0 aliphatic rings. The van der Waals surface area contributed by atoms with Gasteiger partial charge in [0, 0.05) is 0 Å². The van der Waals surface area contributed by atoms with Crippen LogP contribution in [-0.4, -0.2) is 14.9 Å². The zero-order chi connectivity index (χ0) is 9.83. The lowest BCUT2D eigenvalue weighted by atomic mass is 10.2. The Morgan fingerprint density at radius 2 is 1.83 bits per heavy atom. The molecule has 1 nitrogen and oxygen atoms in total. The largest absolute Gasteiger partial charge is 0.413 e. The molecule has 0 aliphatic heterocycles. The molecule has 0 saturated carbocycles. The van der Waals surface area contributed by atoms with Gasteiger partial charge in [0.05, 0.1) is 6.61 Å². The average Bonchev–Trinajstić information content (AvgIpc) is 1.85. The molecule has 0 spiro atoms. The van der Waals surface area contributed by atoms with Gasteiger partial charge >= 0.3 is 0 Å². The highest BCUT2D eigenvalue weighted by Crippen LogP contribution is 2.36. The molecule has 0 radical (unpaired) electrons. The van der Waals surface area contributed by atoms with Crippen LogP contribution in [0.3, 0.4) is 0 Å².